The summed E-state index contributed by atoms with van der Waals surface area (Å²) in [5.74, 6) is 0.474. The van der Waals surface area contributed by atoms with Gasteiger partial charge in [-0.2, -0.15) is 0 Å². The molecule has 21 heavy (non-hydrogen) atoms. The summed E-state index contributed by atoms with van der Waals surface area (Å²) in [6, 6.07) is 11.5. The molecule has 2 heteroatoms. The van der Waals surface area contributed by atoms with E-state index in [1.807, 2.05) is 6.20 Å². The van der Waals surface area contributed by atoms with Crippen LogP contribution in [0.15, 0.2) is 36.5 Å². The molecule has 0 saturated carbocycles. The molecule has 0 aliphatic heterocycles. The van der Waals surface area contributed by atoms with Crippen molar-refractivity contribution in [1.29, 1.82) is 0 Å². The minimum Gasteiger partial charge on any atom is -0.312 e. The number of fused-ring (bicyclic) bond motifs is 1. The van der Waals surface area contributed by atoms with Gasteiger partial charge < -0.3 is 5.32 Å². The topological polar surface area (TPSA) is 24.9 Å². The first kappa shape index (κ1) is 14.3. The number of hydrogen-bond donors (Lipinski definition) is 1. The van der Waals surface area contributed by atoms with E-state index in [9.17, 15) is 0 Å². The maximum absolute atomic E-state index is 4.70. The van der Waals surface area contributed by atoms with Gasteiger partial charge in [0.1, 0.15) is 0 Å². The average molecular weight is 280 g/mol. The maximum atomic E-state index is 4.70. The van der Waals surface area contributed by atoms with Crippen molar-refractivity contribution in [2.45, 2.75) is 45.1 Å². The van der Waals surface area contributed by atoms with Crippen LogP contribution in [-0.4, -0.2) is 12.0 Å². The Hall–Kier alpha value is -1.67. The van der Waals surface area contributed by atoms with Crippen LogP contribution in [0.1, 0.15) is 52.7 Å². The Morgan fingerprint density at radius 1 is 1.19 bits per heavy atom. The Morgan fingerprint density at radius 3 is 2.81 bits per heavy atom. The average Bonchev–Trinajstić information content (AvgIpc) is 2.52. The number of likely N-dealkylation sites (N-methyl/N-ethyl adjacent to an activating group) is 1. The van der Waals surface area contributed by atoms with Crippen LogP contribution in [0.3, 0.4) is 0 Å². The van der Waals surface area contributed by atoms with E-state index in [0.717, 1.165) is 0 Å². The van der Waals surface area contributed by atoms with Crippen LogP contribution in [0.25, 0.3) is 0 Å². The Kier molecular flexibility index (Phi) is 4.07. The van der Waals surface area contributed by atoms with E-state index in [1.54, 1.807) is 0 Å². The predicted octanol–water partition coefficient (Wildman–Crippen LogP) is 4.08. The van der Waals surface area contributed by atoms with Crippen LogP contribution < -0.4 is 5.32 Å². The molecule has 0 fully saturated rings. The zero-order valence-electron chi connectivity index (χ0n) is 13.2. The fourth-order valence-electron chi connectivity index (χ4n) is 3.53. The first-order valence-corrected chi connectivity index (χ1v) is 7.89. The van der Waals surface area contributed by atoms with Gasteiger partial charge in [0.2, 0.25) is 0 Å². The molecule has 0 amide bonds. The normalized spacial score (nSPS) is 19.1. The molecule has 1 heterocycles. The van der Waals surface area contributed by atoms with Crippen molar-refractivity contribution in [3.05, 3.63) is 64.5 Å². The lowest BCUT2D eigenvalue weighted by Gasteiger charge is -2.32. The number of hydrogen-bond acceptors (Lipinski definition) is 2. The monoisotopic (exact) mass is 280 g/mol. The van der Waals surface area contributed by atoms with Crippen LogP contribution in [0.4, 0.5) is 0 Å². The summed E-state index contributed by atoms with van der Waals surface area (Å²) in [6.45, 7) is 4.36. The van der Waals surface area contributed by atoms with E-state index in [4.69, 9.17) is 4.98 Å². The summed E-state index contributed by atoms with van der Waals surface area (Å²) in [4.78, 5) is 4.70. The minimum absolute atomic E-state index is 0.346. The third kappa shape index (κ3) is 2.73. The van der Waals surface area contributed by atoms with Gasteiger partial charge >= 0.3 is 0 Å². The standard InChI is InChI=1S/C19H24N2/c1-13-9-10-16(12-14(13)2)18(20-3)17-8-4-6-15-7-5-11-21-19(15)17/h5,7,9-12,17-18,20H,4,6,8H2,1-3H3. The lowest BCUT2D eigenvalue weighted by molar-refractivity contribution is 0.415. The third-order valence-corrected chi connectivity index (χ3v) is 4.84. The van der Waals surface area contributed by atoms with Crippen molar-refractivity contribution in [3.8, 4) is 0 Å². The lowest BCUT2D eigenvalue weighted by Crippen LogP contribution is -2.27. The SMILES string of the molecule is CNC(c1ccc(C)c(C)c1)C1CCCc2cccnc21. The predicted molar refractivity (Wildman–Crippen MR) is 87.6 cm³/mol. The molecule has 0 spiro atoms. The zero-order valence-corrected chi connectivity index (χ0v) is 13.2. The summed E-state index contributed by atoms with van der Waals surface area (Å²) < 4.78 is 0. The summed E-state index contributed by atoms with van der Waals surface area (Å²) in [6.07, 6.45) is 5.57. The van der Waals surface area contributed by atoms with Crippen LogP contribution in [0, 0.1) is 13.8 Å². The molecule has 1 aliphatic rings. The lowest BCUT2D eigenvalue weighted by atomic mass is 9.79. The number of nitrogens with one attached hydrogen (secondary N) is 1. The molecule has 2 nitrogen and oxygen atoms in total. The van der Waals surface area contributed by atoms with Crippen LogP contribution in [-0.2, 0) is 6.42 Å². The van der Waals surface area contributed by atoms with Gasteiger partial charge in [-0.3, -0.25) is 4.98 Å². The molecule has 2 aromatic rings. The van der Waals surface area contributed by atoms with Crippen molar-refractivity contribution in [2.75, 3.05) is 7.05 Å². The van der Waals surface area contributed by atoms with E-state index >= 15 is 0 Å². The first-order chi connectivity index (χ1) is 10.2. The quantitative estimate of drug-likeness (QED) is 0.916. The van der Waals surface area contributed by atoms with Gasteiger partial charge in [-0.05, 0) is 68.5 Å². The van der Waals surface area contributed by atoms with Gasteiger partial charge in [0.25, 0.3) is 0 Å². The number of rotatable bonds is 3. The molecular formula is C19H24N2. The number of nitrogens with zero attached hydrogens (tertiary/aromatic N) is 1. The van der Waals surface area contributed by atoms with Gasteiger partial charge in [0.05, 0.1) is 0 Å². The van der Waals surface area contributed by atoms with E-state index in [0.29, 0.717) is 12.0 Å². The smallest absolute Gasteiger partial charge is 0.0485 e. The van der Waals surface area contributed by atoms with Crippen LogP contribution >= 0.6 is 0 Å². The van der Waals surface area contributed by atoms with Gasteiger partial charge in [-0.1, -0.05) is 24.3 Å². The maximum Gasteiger partial charge on any atom is 0.0485 e. The third-order valence-electron chi connectivity index (χ3n) is 4.84. The molecule has 3 rings (SSSR count). The van der Waals surface area contributed by atoms with Gasteiger partial charge in [0.15, 0.2) is 0 Å². The number of aryl methyl sites for hydroxylation is 3. The molecule has 1 N–H and O–H groups in total. The first-order valence-electron chi connectivity index (χ1n) is 7.89. The number of benzene rings is 1. The molecule has 1 aromatic carbocycles. The second-order valence-corrected chi connectivity index (χ2v) is 6.16. The fraction of sp³-hybridized carbons (Fsp3) is 0.421. The molecule has 1 aromatic heterocycles. The van der Waals surface area contributed by atoms with E-state index in [1.165, 1.54) is 47.2 Å². The summed E-state index contributed by atoms with van der Waals surface area (Å²) >= 11 is 0. The van der Waals surface area contributed by atoms with Crippen molar-refractivity contribution in [2.24, 2.45) is 0 Å². The van der Waals surface area contributed by atoms with Crippen molar-refractivity contribution < 1.29 is 0 Å². The van der Waals surface area contributed by atoms with Gasteiger partial charge in [-0.15, -0.1) is 0 Å². The highest BCUT2D eigenvalue weighted by Crippen LogP contribution is 2.39. The van der Waals surface area contributed by atoms with Crippen molar-refractivity contribution >= 4 is 0 Å². The Bertz CT molecular complexity index is 633. The van der Waals surface area contributed by atoms with Gasteiger partial charge in [0, 0.05) is 23.9 Å². The Morgan fingerprint density at radius 2 is 2.05 bits per heavy atom. The minimum atomic E-state index is 0.346. The summed E-state index contributed by atoms with van der Waals surface area (Å²) in [5.41, 5.74) is 6.82. The fourth-order valence-corrected chi connectivity index (χ4v) is 3.53. The summed E-state index contributed by atoms with van der Waals surface area (Å²) in [5, 5.41) is 3.54. The Labute approximate surface area is 127 Å². The molecule has 110 valence electrons. The Balaban J connectivity index is 1.99. The van der Waals surface area contributed by atoms with Crippen LogP contribution in [0.5, 0.6) is 0 Å². The van der Waals surface area contributed by atoms with Crippen molar-refractivity contribution in [3.63, 3.8) is 0 Å². The molecule has 2 unspecified atom stereocenters. The van der Waals surface area contributed by atoms with E-state index < -0.39 is 0 Å². The number of pyridine rings is 1. The highest BCUT2D eigenvalue weighted by molar-refractivity contribution is 5.35. The molecule has 0 saturated heterocycles. The highest BCUT2D eigenvalue weighted by Gasteiger charge is 2.29. The highest BCUT2D eigenvalue weighted by atomic mass is 14.9. The van der Waals surface area contributed by atoms with Gasteiger partial charge in [-0.25, -0.2) is 0 Å². The molecular weight excluding hydrogens is 256 g/mol. The second kappa shape index (κ2) is 5.98. The van der Waals surface area contributed by atoms with E-state index in [-0.39, 0.29) is 0 Å². The zero-order chi connectivity index (χ0) is 14.8. The summed E-state index contributed by atoms with van der Waals surface area (Å²) in [7, 11) is 2.07. The molecule has 0 radical (unpaired) electrons. The van der Waals surface area contributed by atoms with Crippen LogP contribution in [0.2, 0.25) is 0 Å². The number of aromatic nitrogens is 1. The molecule has 0 bridgehead atoms. The van der Waals surface area contributed by atoms with E-state index in [2.05, 4.69) is 56.5 Å². The largest absolute Gasteiger partial charge is 0.312 e. The van der Waals surface area contributed by atoms with Crippen molar-refractivity contribution in [1.82, 2.24) is 10.3 Å². The molecule has 1 aliphatic carbocycles. The second-order valence-electron chi connectivity index (χ2n) is 6.16. The molecule has 2 atom stereocenters.